The lowest BCUT2D eigenvalue weighted by atomic mass is 10.1. The highest BCUT2D eigenvalue weighted by Gasteiger charge is 2.21. The number of hydrogen-bond donors (Lipinski definition) is 0. The second-order valence-corrected chi connectivity index (χ2v) is 5.77. The SMILES string of the molecule is CCCCCCCCCC(Cl)(Cl)CCl. The van der Waals surface area contributed by atoms with Gasteiger partial charge in [0.05, 0.1) is 5.88 Å². The first-order valence-electron chi connectivity index (χ1n) is 5.56. The van der Waals surface area contributed by atoms with Gasteiger partial charge in [0.1, 0.15) is 4.33 Å². The van der Waals surface area contributed by atoms with Crippen LogP contribution in [0.15, 0.2) is 0 Å². The van der Waals surface area contributed by atoms with Gasteiger partial charge in [0.15, 0.2) is 0 Å². The Labute approximate surface area is 103 Å². The molecule has 0 heterocycles. The first-order chi connectivity index (χ1) is 6.62. The van der Waals surface area contributed by atoms with Crippen LogP contribution in [0.3, 0.4) is 0 Å². The van der Waals surface area contributed by atoms with Crippen molar-refractivity contribution in [1.82, 2.24) is 0 Å². The van der Waals surface area contributed by atoms with Crippen LogP contribution in [0.2, 0.25) is 0 Å². The Balaban J connectivity index is 3.13. The molecule has 0 nitrogen and oxygen atoms in total. The quantitative estimate of drug-likeness (QED) is 0.377. The molecule has 0 aliphatic rings. The van der Waals surface area contributed by atoms with E-state index in [0.29, 0.717) is 5.88 Å². The highest BCUT2D eigenvalue weighted by molar-refractivity contribution is 6.51. The molecule has 0 atom stereocenters. The number of alkyl halides is 3. The summed E-state index contributed by atoms with van der Waals surface area (Å²) < 4.78 is -0.703. The lowest BCUT2D eigenvalue weighted by Crippen LogP contribution is -2.14. The Kier molecular flexibility index (Phi) is 9.69. The van der Waals surface area contributed by atoms with E-state index >= 15 is 0 Å². The van der Waals surface area contributed by atoms with Gasteiger partial charge in [-0.3, -0.25) is 0 Å². The molecule has 0 aliphatic carbocycles. The summed E-state index contributed by atoms with van der Waals surface area (Å²) in [5, 5.41) is 0. The molecule has 14 heavy (non-hydrogen) atoms. The summed E-state index contributed by atoms with van der Waals surface area (Å²) in [4.78, 5) is 0. The van der Waals surface area contributed by atoms with Crippen molar-refractivity contribution in [2.45, 2.75) is 62.6 Å². The summed E-state index contributed by atoms with van der Waals surface area (Å²) in [5.41, 5.74) is 0. The zero-order valence-corrected chi connectivity index (χ0v) is 11.3. The van der Waals surface area contributed by atoms with Crippen LogP contribution in [0.4, 0.5) is 0 Å². The van der Waals surface area contributed by atoms with Crippen LogP contribution in [0.1, 0.15) is 58.3 Å². The number of halogens is 3. The van der Waals surface area contributed by atoms with Gasteiger partial charge in [0, 0.05) is 0 Å². The van der Waals surface area contributed by atoms with Crippen LogP contribution >= 0.6 is 34.8 Å². The molecule has 0 rings (SSSR count). The van der Waals surface area contributed by atoms with Gasteiger partial charge in [-0.1, -0.05) is 51.9 Å². The fraction of sp³-hybridized carbons (Fsp3) is 1.00. The molecule has 3 heteroatoms. The van der Waals surface area contributed by atoms with Crippen molar-refractivity contribution in [2.24, 2.45) is 0 Å². The topological polar surface area (TPSA) is 0 Å². The molecule has 0 aromatic heterocycles. The van der Waals surface area contributed by atoms with Gasteiger partial charge in [-0.15, -0.1) is 34.8 Å². The molecule has 0 saturated carbocycles. The molecular formula is C11H21Cl3. The summed E-state index contributed by atoms with van der Waals surface area (Å²) in [6, 6.07) is 0. The van der Waals surface area contributed by atoms with Gasteiger partial charge in [0.2, 0.25) is 0 Å². The van der Waals surface area contributed by atoms with Crippen molar-refractivity contribution in [2.75, 3.05) is 5.88 Å². The van der Waals surface area contributed by atoms with Crippen LogP contribution in [0, 0.1) is 0 Å². The van der Waals surface area contributed by atoms with E-state index in [1.54, 1.807) is 0 Å². The highest BCUT2D eigenvalue weighted by atomic mass is 35.5. The van der Waals surface area contributed by atoms with Crippen molar-refractivity contribution < 1.29 is 0 Å². The Bertz CT molecular complexity index is 124. The molecule has 0 spiro atoms. The minimum atomic E-state index is -0.703. The summed E-state index contributed by atoms with van der Waals surface area (Å²) in [5.74, 6) is 0.325. The van der Waals surface area contributed by atoms with Crippen LogP contribution in [-0.4, -0.2) is 10.2 Å². The maximum Gasteiger partial charge on any atom is 0.131 e. The zero-order valence-electron chi connectivity index (χ0n) is 9.00. The van der Waals surface area contributed by atoms with Crippen molar-refractivity contribution >= 4 is 34.8 Å². The summed E-state index contributed by atoms with van der Waals surface area (Å²) in [7, 11) is 0. The van der Waals surface area contributed by atoms with E-state index in [1.165, 1.54) is 38.5 Å². The molecule has 0 amide bonds. The lowest BCUT2D eigenvalue weighted by Gasteiger charge is -2.15. The van der Waals surface area contributed by atoms with E-state index in [4.69, 9.17) is 34.8 Å². The molecule has 0 fully saturated rings. The average Bonchev–Trinajstić information content (AvgIpc) is 2.16. The van der Waals surface area contributed by atoms with Crippen LogP contribution in [0.5, 0.6) is 0 Å². The summed E-state index contributed by atoms with van der Waals surface area (Å²) in [6.07, 6.45) is 9.79. The van der Waals surface area contributed by atoms with Crippen molar-refractivity contribution in [3.8, 4) is 0 Å². The second-order valence-electron chi connectivity index (χ2n) is 3.86. The van der Waals surface area contributed by atoms with Gasteiger partial charge in [-0.05, 0) is 6.42 Å². The zero-order chi connectivity index (χ0) is 10.9. The number of rotatable bonds is 9. The lowest BCUT2D eigenvalue weighted by molar-refractivity contribution is 0.565. The Hall–Kier alpha value is 0.870. The Morgan fingerprint density at radius 1 is 0.857 bits per heavy atom. The molecule has 0 unspecified atom stereocenters. The predicted molar refractivity (Wildman–Crippen MR) is 67.8 cm³/mol. The average molecular weight is 260 g/mol. The fourth-order valence-electron chi connectivity index (χ4n) is 1.41. The Morgan fingerprint density at radius 2 is 1.36 bits per heavy atom. The van der Waals surface area contributed by atoms with E-state index in [0.717, 1.165) is 12.8 Å². The minimum Gasteiger partial charge on any atom is -0.123 e. The Morgan fingerprint density at radius 3 is 1.86 bits per heavy atom. The van der Waals surface area contributed by atoms with Gasteiger partial charge in [-0.25, -0.2) is 0 Å². The van der Waals surface area contributed by atoms with E-state index in [9.17, 15) is 0 Å². The molecule has 0 aromatic carbocycles. The third kappa shape index (κ3) is 9.43. The standard InChI is InChI=1S/C11H21Cl3/c1-2-3-4-5-6-7-8-9-11(13,14)10-12/h2-10H2,1H3. The van der Waals surface area contributed by atoms with E-state index in [2.05, 4.69) is 6.92 Å². The maximum atomic E-state index is 5.92. The maximum absolute atomic E-state index is 5.92. The molecule has 86 valence electrons. The highest BCUT2D eigenvalue weighted by Crippen LogP contribution is 2.29. The smallest absolute Gasteiger partial charge is 0.123 e. The molecule has 0 N–H and O–H groups in total. The monoisotopic (exact) mass is 258 g/mol. The molecule has 0 aliphatic heterocycles. The molecule has 0 bridgehead atoms. The second kappa shape index (κ2) is 9.12. The number of hydrogen-bond acceptors (Lipinski definition) is 0. The van der Waals surface area contributed by atoms with Gasteiger partial charge < -0.3 is 0 Å². The minimum absolute atomic E-state index is 0.325. The van der Waals surface area contributed by atoms with Crippen molar-refractivity contribution in [1.29, 1.82) is 0 Å². The van der Waals surface area contributed by atoms with E-state index < -0.39 is 4.33 Å². The van der Waals surface area contributed by atoms with Crippen molar-refractivity contribution in [3.63, 3.8) is 0 Å². The molecule has 0 saturated heterocycles. The number of unbranched alkanes of at least 4 members (excludes halogenated alkanes) is 6. The molecular weight excluding hydrogens is 238 g/mol. The van der Waals surface area contributed by atoms with E-state index in [1.807, 2.05) is 0 Å². The van der Waals surface area contributed by atoms with Crippen LogP contribution in [-0.2, 0) is 0 Å². The van der Waals surface area contributed by atoms with E-state index in [-0.39, 0.29) is 0 Å². The van der Waals surface area contributed by atoms with Gasteiger partial charge in [-0.2, -0.15) is 0 Å². The molecule has 0 radical (unpaired) electrons. The first-order valence-corrected chi connectivity index (χ1v) is 6.85. The van der Waals surface area contributed by atoms with Gasteiger partial charge in [0.25, 0.3) is 0 Å². The third-order valence-corrected chi connectivity index (χ3v) is 3.72. The predicted octanol–water partition coefficient (Wildman–Crippen LogP) is 5.54. The summed E-state index contributed by atoms with van der Waals surface area (Å²) >= 11 is 17.4. The van der Waals surface area contributed by atoms with Gasteiger partial charge >= 0.3 is 0 Å². The first kappa shape index (κ1) is 14.9. The molecule has 0 aromatic rings. The summed E-state index contributed by atoms with van der Waals surface area (Å²) in [6.45, 7) is 2.23. The third-order valence-electron chi connectivity index (χ3n) is 2.34. The largest absolute Gasteiger partial charge is 0.131 e. The fourth-order valence-corrected chi connectivity index (χ4v) is 1.81. The normalized spacial score (nSPS) is 12.0. The van der Waals surface area contributed by atoms with Crippen LogP contribution < -0.4 is 0 Å². The van der Waals surface area contributed by atoms with Crippen LogP contribution in [0.25, 0.3) is 0 Å². The van der Waals surface area contributed by atoms with Crippen molar-refractivity contribution in [3.05, 3.63) is 0 Å².